The molecule has 5 rings (SSSR count). The van der Waals surface area contributed by atoms with Gasteiger partial charge in [-0.3, -0.25) is 0 Å². The van der Waals surface area contributed by atoms with Crippen LogP contribution >= 0.6 is 0 Å². The van der Waals surface area contributed by atoms with Crippen LogP contribution in [0.5, 0.6) is 0 Å². The summed E-state index contributed by atoms with van der Waals surface area (Å²) in [5, 5.41) is 20.4. The van der Waals surface area contributed by atoms with E-state index in [-0.39, 0.29) is 29.0 Å². The van der Waals surface area contributed by atoms with Crippen LogP contribution in [-0.4, -0.2) is 21.7 Å². The molecule has 0 amide bonds. The molecule has 2 aliphatic carbocycles. The molecular formula is C21H18F3N5O. The Hall–Kier alpha value is -3.15. The molecule has 2 aromatic heterocycles. The monoisotopic (exact) mass is 413 g/mol. The number of nitrogens with one attached hydrogen (secondary N) is 1. The Bertz CT molecular complexity index is 1190. The van der Waals surface area contributed by atoms with E-state index in [9.17, 15) is 13.2 Å². The van der Waals surface area contributed by atoms with Crippen molar-refractivity contribution < 1.29 is 17.6 Å². The highest BCUT2D eigenvalue weighted by molar-refractivity contribution is 5.88. The minimum absolute atomic E-state index is 0.0312. The van der Waals surface area contributed by atoms with Crippen molar-refractivity contribution in [2.75, 3.05) is 11.9 Å². The molecule has 2 heterocycles. The lowest BCUT2D eigenvalue weighted by Crippen LogP contribution is -2.13. The highest BCUT2D eigenvalue weighted by atomic mass is 19.4. The van der Waals surface area contributed by atoms with E-state index in [4.69, 9.17) is 9.68 Å². The van der Waals surface area contributed by atoms with Gasteiger partial charge in [-0.25, -0.2) is 4.98 Å². The molecule has 0 spiro atoms. The molecule has 0 atom stereocenters. The van der Waals surface area contributed by atoms with Crippen LogP contribution in [0.1, 0.15) is 48.3 Å². The van der Waals surface area contributed by atoms with E-state index in [2.05, 4.69) is 26.6 Å². The number of nitrogens with zero attached hydrogens (tertiary/aromatic N) is 4. The number of anilines is 1. The lowest BCUT2D eigenvalue weighted by Gasteiger charge is -2.14. The summed E-state index contributed by atoms with van der Waals surface area (Å²) in [6.45, 7) is 2.14. The molecule has 154 valence electrons. The number of fused-ring (bicyclic) bond motifs is 1. The van der Waals surface area contributed by atoms with E-state index >= 15 is 0 Å². The van der Waals surface area contributed by atoms with Gasteiger partial charge in [0.1, 0.15) is 5.69 Å². The third kappa shape index (κ3) is 3.36. The van der Waals surface area contributed by atoms with E-state index < -0.39 is 17.2 Å². The van der Waals surface area contributed by atoms with E-state index in [0.29, 0.717) is 23.1 Å². The first-order valence-electron chi connectivity index (χ1n) is 9.79. The number of aromatic nitrogens is 3. The van der Waals surface area contributed by atoms with Crippen LogP contribution in [0.2, 0.25) is 0 Å². The standard InChI is InChI=1S/C21H18F3N5O/c1-11-6-16(18-28-29-19(30-18)26-10-20(9-25)4-5-20)27-17-14(11)7-13(12-2-3-12)8-15(17)21(22,23)24/h6-8,12H,2-5,10H2,1H3,(H,26,29). The summed E-state index contributed by atoms with van der Waals surface area (Å²) in [5.41, 5.74) is 0.310. The smallest absolute Gasteiger partial charge is 0.402 e. The molecule has 9 heteroatoms. The fourth-order valence-electron chi connectivity index (χ4n) is 3.61. The summed E-state index contributed by atoms with van der Waals surface area (Å²) in [5.74, 6) is 0.228. The second kappa shape index (κ2) is 6.42. The van der Waals surface area contributed by atoms with Crippen molar-refractivity contribution in [1.82, 2.24) is 15.2 Å². The van der Waals surface area contributed by atoms with Crippen molar-refractivity contribution in [2.24, 2.45) is 5.41 Å². The summed E-state index contributed by atoms with van der Waals surface area (Å²) in [6, 6.07) is 7.06. The zero-order chi connectivity index (χ0) is 21.1. The fraction of sp³-hybridized carbons (Fsp3) is 0.429. The Morgan fingerprint density at radius 3 is 2.63 bits per heavy atom. The molecule has 2 aliphatic rings. The van der Waals surface area contributed by atoms with Gasteiger partial charge in [-0.1, -0.05) is 5.10 Å². The Morgan fingerprint density at radius 1 is 1.23 bits per heavy atom. The first-order valence-corrected chi connectivity index (χ1v) is 9.79. The van der Waals surface area contributed by atoms with Crippen LogP contribution in [0.3, 0.4) is 0 Å². The second-order valence-corrected chi connectivity index (χ2v) is 8.22. The Kier molecular flexibility index (Phi) is 4.04. The Morgan fingerprint density at radius 2 is 2.00 bits per heavy atom. The topological polar surface area (TPSA) is 87.6 Å². The number of nitriles is 1. The summed E-state index contributed by atoms with van der Waals surface area (Å²) in [7, 11) is 0. The van der Waals surface area contributed by atoms with Crippen molar-refractivity contribution in [3.05, 3.63) is 34.9 Å². The normalized spacial score (nSPS) is 17.7. The molecule has 1 N–H and O–H groups in total. The molecule has 3 aromatic rings. The molecular weight excluding hydrogens is 395 g/mol. The quantitative estimate of drug-likeness (QED) is 0.618. The minimum Gasteiger partial charge on any atom is -0.402 e. The number of halogens is 3. The fourth-order valence-corrected chi connectivity index (χ4v) is 3.61. The molecule has 0 aliphatic heterocycles. The molecule has 0 saturated heterocycles. The van der Waals surface area contributed by atoms with Gasteiger partial charge in [-0.05, 0) is 67.9 Å². The lowest BCUT2D eigenvalue weighted by atomic mass is 9.98. The molecule has 1 aromatic carbocycles. The van der Waals surface area contributed by atoms with Crippen LogP contribution in [0.25, 0.3) is 22.5 Å². The van der Waals surface area contributed by atoms with Gasteiger partial charge in [-0.2, -0.15) is 18.4 Å². The number of alkyl halides is 3. The largest absolute Gasteiger partial charge is 0.418 e. The summed E-state index contributed by atoms with van der Waals surface area (Å²) >= 11 is 0. The van der Waals surface area contributed by atoms with Crippen LogP contribution < -0.4 is 5.32 Å². The van der Waals surface area contributed by atoms with Crippen molar-refractivity contribution in [1.29, 1.82) is 5.26 Å². The average Bonchev–Trinajstić information content (AvgIpc) is 3.64. The molecule has 0 bridgehead atoms. The van der Waals surface area contributed by atoms with Gasteiger partial charge in [0.2, 0.25) is 0 Å². The molecule has 6 nitrogen and oxygen atoms in total. The maximum Gasteiger partial charge on any atom is 0.418 e. The van der Waals surface area contributed by atoms with E-state index in [1.54, 1.807) is 13.0 Å². The predicted molar refractivity (Wildman–Crippen MR) is 103 cm³/mol. The minimum atomic E-state index is -4.52. The van der Waals surface area contributed by atoms with Gasteiger partial charge in [0.05, 0.1) is 22.6 Å². The first-order chi connectivity index (χ1) is 14.3. The SMILES string of the molecule is Cc1cc(-c2nnc(NCC3(C#N)CC3)o2)nc2c(C(F)(F)F)cc(C3CC3)cc12. The summed E-state index contributed by atoms with van der Waals surface area (Å²) < 4.78 is 46.9. The van der Waals surface area contributed by atoms with Gasteiger partial charge in [-0.15, -0.1) is 5.10 Å². The number of hydrogen-bond donors (Lipinski definition) is 1. The highest BCUT2D eigenvalue weighted by Gasteiger charge is 2.43. The maximum atomic E-state index is 13.8. The number of hydrogen-bond acceptors (Lipinski definition) is 6. The van der Waals surface area contributed by atoms with Crippen molar-refractivity contribution in [3.8, 4) is 17.7 Å². The molecule has 0 unspecified atom stereocenters. The van der Waals surface area contributed by atoms with Crippen LogP contribution in [0.4, 0.5) is 19.2 Å². The lowest BCUT2D eigenvalue weighted by molar-refractivity contribution is -0.136. The number of pyridine rings is 1. The van der Waals surface area contributed by atoms with Crippen LogP contribution in [0, 0.1) is 23.7 Å². The molecule has 30 heavy (non-hydrogen) atoms. The van der Waals surface area contributed by atoms with Crippen LogP contribution in [0.15, 0.2) is 22.6 Å². The third-order valence-electron chi connectivity index (χ3n) is 5.81. The van der Waals surface area contributed by atoms with Crippen molar-refractivity contribution in [3.63, 3.8) is 0 Å². The Balaban J connectivity index is 1.53. The van der Waals surface area contributed by atoms with Gasteiger partial charge in [0.15, 0.2) is 0 Å². The summed E-state index contributed by atoms with van der Waals surface area (Å²) in [6.07, 6.45) is -1.06. The first kappa shape index (κ1) is 18.9. The molecule has 0 radical (unpaired) electrons. The van der Waals surface area contributed by atoms with Gasteiger partial charge < -0.3 is 9.73 Å². The number of aryl methyl sites for hydroxylation is 1. The van der Waals surface area contributed by atoms with Gasteiger partial charge in [0.25, 0.3) is 5.89 Å². The van der Waals surface area contributed by atoms with Gasteiger partial charge in [0, 0.05) is 11.9 Å². The van der Waals surface area contributed by atoms with Crippen LogP contribution in [-0.2, 0) is 6.18 Å². The number of rotatable bonds is 5. The maximum absolute atomic E-state index is 13.8. The molecule has 2 saturated carbocycles. The zero-order valence-electron chi connectivity index (χ0n) is 16.2. The number of benzene rings is 1. The molecule has 2 fully saturated rings. The highest BCUT2D eigenvalue weighted by Crippen LogP contribution is 2.46. The Labute approximate surface area is 170 Å². The third-order valence-corrected chi connectivity index (χ3v) is 5.81. The predicted octanol–water partition coefficient (Wildman–Crippen LogP) is 5.21. The van der Waals surface area contributed by atoms with E-state index in [0.717, 1.165) is 25.7 Å². The van der Waals surface area contributed by atoms with Gasteiger partial charge >= 0.3 is 12.2 Å². The van der Waals surface area contributed by atoms with Crippen molar-refractivity contribution >= 4 is 16.9 Å². The average molecular weight is 413 g/mol. The van der Waals surface area contributed by atoms with E-state index in [1.807, 2.05) is 6.07 Å². The van der Waals surface area contributed by atoms with E-state index in [1.165, 1.54) is 6.07 Å². The zero-order valence-corrected chi connectivity index (χ0v) is 16.2. The van der Waals surface area contributed by atoms with Crippen molar-refractivity contribution in [2.45, 2.75) is 44.7 Å². The summed E-state index contributed by atoms with van der Waals surface area (Å²) in [4.78, 5) is 4.25. The second-order valence-electron chi connectivity index (χ2n) is 8.22.